The lowest BCUT2D eigenvalue weighted by molar-refractivity contribution is -0.147. The minimum Gasteiger partial charge on any atom is -0.494 e. The van der Waals surface area contributed by atoms with E-state index in [1.807, 2.05) is 18.2 Å². The zero-order valence-corrected chi connectivity index (χ0v) is 13.3. The second-order valence-corrected chi connectivity index (χ2v) is 5.10. The van der Waals surface area contributed by atoms with Crippen molar-refractivity contribution in [3.63, 3.8) is 0 Å². The van der Waals surface area contributed by atoms with Crippen LogP contribution in [0.3, 0.4) is 0 Å². The van der Waals surface area contributed by atoms with Crippen molar-refractivity contribution in [2.45, 2.75) is 12.8 Å². The van der Waals surface area contributed by atoms with Crippen LogP contribution in [-0.4, -0.2) is 25.1 Å². The highest BCUT2D eigenvalue weighted by Crippen LogP contribution is 2.14. The normalized spacial score (nSPS) is 10.2. The number of para-hydroxylation sites is 1. The molecule has 0 saturated heterocycles. The second kappa shape index (κ2) is 9.36. The van der Waals surface area contributed by atoms with Gasteiger partial charge in [-0.2, -0.15) is 0 Å². The molecular formula is C18H17F2NO4. The van der Waals surface area contributed by atoms with Crippen LogP contribution in [0.5, 0.6) is 5.75 Å². The summed E-state index contributed by atoms with van der Waals surface area (Å²) >= 11 is 0. The first-order valence-corrected chi connectivity index (χ1v) is 7.63. The van der Waals surface area contributed by atoms with Crippen LogP contribution in [-0.2, 0) is 14.3 Å². The lowest BCUT2D eigenvalue weighted by Gasteiger charge is -2.08. The average Bonchev–Trinajstić information content (AvgIpc) is 2.60. The molecule has 0 spiro atoms. The molecule has 2 rings (SSSR count). The van der Waals surface area contributed by atoms with Gasteiger partial charge in [0, 0.05) is 12.5 Å². The number of halogens is 2. The summed E-state index contributed by atoms with van der Waals surface area (Å²) in [5.41, 5.74) is -0.182. The summed E-state index contributed by atoms with van der Waals surface area (Å²) in [4.78, 5) is 23.1. The maximum absolute atomic E-state index is 13.4. The molecule has 0 aliphatic rings. The van der Waals surface area contributed by atoms with Crippen molar-refractivity contribution in [3.8, 4) is 5.75 Å². The lowest BCUT2D eigenvalue weighted by Crippen LogP contribution is -2.21. The fourth-order valence-corrected chi connectivity index (χ4v) is 1.92. The number of benzene rings is 2. The number of anilines is 1. The summed E-state index contributed by atoms with van der Waals surface area (Å²) in [7, 11) is 0. The first-order chi connectivity index (χ1) is 12.0. The molecule has 0 bridgehead atoms. The summed E-state index contributed by atoms with van der Waals surface area (Å²) in [6, 6.07) is 11.9. The van der Waals surface area contributed by atoms with Gasteiger partial charge in [0.1, 0.15) is 17.4 Å². The van der Waals surface area contributed by atoms with Gasteiger partial charge in [-0.3, -0.25) is 9.59 Å². The van der Waals surface area contributed by atoms with Crippen LogP contribution in [0.25, 0.3) is 0 Å². The van der Waals surface area contributed by atoms with Gasteiger partial charge in [-0.25, -0.2) is 8.78 Å². The number of ether oxygens (including phenoxy) is 2. The first kappa shape index (κ1) is 18.4. The average molecular weight is 349 g/mol. The topological polar surface area (TPSA) is 64.6 Å². The Hall–Kier alpha value is -2.96. The van der Waals surface area contributed by atoms with Crippen LogP contribution in [0.4, 0.5) is 14.5 Å². The fraction of sp³-hybridized carbons (Fsp3) is 0.222. The third-order valence-electron chi connectivity index (χ3n) is 3.11. The summed E-state index contributed by atoms with van der Waals surface area (Å²) in [6.07, 6.45) is 0.521. The predicted molar refractivity (Wildman–Crippen MR) is 87.1 cm³/mol. The number of nitrogens with one attached hydrogen (secondary N) is 1. The van der Waals surface area contributed by atoms with E-state index in [0.717, 1.165) is 12.1 Å². The van der Waals surface area contributed by atoms with Crippen molar-refractivity contribution in [3.05, 3.63) is 60.2 Å². The standard InChI is InChI=1S/C18H17F2NO4/c19-13-8-9-16(15(20)11-13)21-17(22)12-25-18(23)7-4-10-24-14-5-2-1-3-6-14/h1-3,5-6,8-9,11H,4,7,10,12H2,(H,21,22). The van der Waals surface area contributed by atoms with Crippen molar-refractivity contribution < 1.29 is 27.8 Å². The van der Waals surface area contributed by atoms with Crippen molar-refractivity contribution >= 4 is 17.6 Å². The van der Waals surface area contributed by atoms with E-state index < -0.39 is 30.1 Å². The second-order valence-electron chi connectivity index (χ2n) is 5.10. The van der Waals surface area contributed by atoms with Crippen LogP contribution in [0.15, 0.2) is 48.5 Å². The Labute approximate surface area is 143 Å². The maximum Gasteiger partial charge on any atom is 0.306 e. The third kappa shape index (κ3) is 6.58. The molecule has 7 heteroatoms. The highest BCUT2D eigenvalue weighted by atomic mass is 19.1. The van der Waals surface area contributed by atoms with E-state index in [-0.39, 0.29) is 12.1 Å². The maximum atomic E-state index is 13.4. The van der Waals surface area contributed by atoms with Gasteiger partial charge in [0.15, 0.2) is 6.61 Å². The van der Waals surface area contributed by atoms with E-state index in [1.165, 1.54) is 0 Å². The molecule has 0 aliphatic carbocycles. The van der Waals surface area contributed by atoms with E-state index in [4.69, 9.17) is 9.47 Å². The third-order valence-corrected chi connectivity index (χ3v) is 3.11. The van der Waals surface area contributed by atoms with Gasteiger partial charge >= 0.3 is 5.97 Å². The largest absolute Gasteiger partial charge is 0.494 e. The van der Waals surface area contributed by atoms with E-state index in [0.29, 0.717) is 24.8 Å². The number of hydrogen-bond acceptors (Lipinski definition) is 4. The molecule has 0 saturated carbocycles. The van der Waals surface area contributed by atoms with Gasteiger partial charge in [0.25, 0.3) is 5.91 Å². The van der Waals surface area contributed by atoms with Crippen LogP contribution < -0.4 is 10.1 Å². The molecule has 2 aromatic rings. The molecule has 0 unspecified atom stereocenters. The smallest absolute Gasteiger partial charge is 0.306 e. The summed E-state index contributed by atoms with van der Waals surface area (Å²) in [5, 5.41) is 2.20. The van der Waals surface area contributed by atoms with Gasteiger partial charge in [-0.1, -0.05) is 18.2 Å². The Morgan fingerprint density at radius 2 is 1.80 bits per heavy atom. The molecule has 25 heavy (non-hydrogen) atoms. The Morgan fingerprint density at radius 1 is 1.04 bits per heavy atom. The van der Waals surface area contributed by atoms with Crippen molar-refractivity contribution in [1.82, 2.24) is 0 Å². The predicted octanol–water partition coefficient (Wildman–Crippen LogP) is 3.31. The van der Waals surface area contributed by atoms with Gasteiger partial charge in [-0.15, -0.1) is 0 Å². The first-order valence-electron chi connectivity index (χ1n) is 7.63. The van der Waals surface area contributed by atoms with Gasteiger partial charge in [0.05, 0.1) is 12.3 Å². The van der Waals surface area contributed by atoms with Gasteiger partial charge in [-0.05, 0) is 30.7 Å². The summed E-state index contributed by atoms with van der Waals surface area (Å²) in [6.45, 7) is -0.207. The Kier molecular flexibility index (Phi) is 6.88. The molecule has 0 radical (unpaired) electrons. The molecule has 0 fully saturated rings. The SMILES string of the molecule is O=C(COC(=O)CCCOc1ccccc1)Nc1ccc(F)cc1F. The summed E-state index contributed by atoms with van der Waals surface area (Å²) < 4.78 is 36.4. The molecule has 0 heterocycles. The van der Waals surface area contributed by atoms with E-state index >= 15 is 0 Å². The van der Waals surface area contributed by atoms with Crippen LogP contribution >= 0.6 is 0 Å². The number of esters is 1. The van der Waals surface area contributed by atoms with Crippen molar-refractivity contribution in [2.24, 2.45) is 0 Å². The van der Waals surface area contributed by atoms with E-state index in [1.54, 1.807) is 12.1 Å². The molecule has 2 aromatic carbocycles. The number of hydrogen-bond donors (Lipinski definition) is 1. The van der Waals surface area contributed by atoms with Gasteiger partial charge in [0.2, 0.25) is 0 Å². The zero-order valence-electron chi connectivity index (χ0n) is 13.3. The van der Waals surface area contributed by atoms with E-state index in [2.05, 4.69) is 5.32 Å². The van der Waals surface area contributed by atoms with Crippen LogP contribution in [0, 0.1) is 11.6 Å². The van der Waals surface area contributed by atoms with Crippen LogP contribution in [0.2, 0.25) is 0 Å². The fourth-order valence-electron chi connectivity index (χ4n) is 1.92. The number of carbonyl (C=O) groups excluding carboxylic acids is 2. The molecule has 1 amide bonds. The molecule has 132 valence electrons. The Morgan fingerprint density at radius 3 is 2.52 bits per heavy atom. The molecule has 0 aliphatic heterocycles. The number of rotatable bonds is 8. The quantitative estimate of drug-likeness (QED) is 0.587. The lowest BCUT2D eigenvalue weighted by atomic mass is 10.3. The molecule has 5 nitrogen and oxygen atoms in total. The van der Waals surface area contributed by atoms with Gasteiger partial charge < -0.3 is 14.8 Å². The molecular weight excluding hydrogens is 332 g/mol. The molecule has 0 atom stereocenters. The highest BCUT2D eigenvalue weighted by molar-refractivity contribution is 5.92. The minimum atomic E-state index is -0.905. The van der Waals surface area contributed by atoms with Crippen LogP contribution in [0.1, 0.15) is 12.8 Å². The van der Waals surface area contributed by atoms with Crippen molar-refractivity contribution in [2.75, 3.05) is 18.5 Å². The monoisotopic (exact) mass is 349 g/mol. The Bertz CT molecular complexity index is 722. The summed E-state index contributed by atoms with van der Waals surface area (Å²) in [5.74, 6) is -2.22. The Balaban J connectivity index is 1.63. The van der Waals surface area contributed by atoms with Crippen molar-refractivity contribution in [1.29, 1.82) is 0 Å². The zero-order chi connectivity index (χ0) is 18.1. The minimum absolute atomic E-state index is 0.0883. The van der Waals surface area contributed by atoms with E-state index in [9.17, 15) is 18.4 Å². The number of carbonyl (C=O) groups is 2. The molecule has 1 N–H and O–H groups in total. The highest BCUT2D eigenvalue weighted by Gasteiger charge is 2.11. The number of amides is 1. The molecule has 0 aromatic heterocycles.